The molecule has 1 aliphatic rings. The summed E-state index contributed by atoms with van der Waals surface area (Å²) >= 11 is 0. The van der Waals surface area contributed by atoms with Crippen LogP contribution >= 0.6 is 0 Å². The molecule has 27 heavy (non-hydrogen) atoms. The van der Waals surface area contributed by atoms with Gasteiger partial charge in [0.1, 0.15) is 5.82 Å². The molecule has 4 rings (SSSR count). The van der Waals surface area contributed by atoms with E-state index in [2.05, 4.69) is 20.6 Å². The quantitative estimate of drug-likeness (QED) is 0.724. The summed E-state index contributed by atoms with van der Waals surface area (Å²) in [7, 11) is -3.17. The molecule has 9 heteroatoms. The number of nitrogens with zero attached hydrogens (tertiary/aromatic N) is 5. The summed E-state index contributed by atoms with van der Waals surface area (Å²) in [6.07, 6.45) is 2.51. The second-order valence-electron chi connectivity index (χ2n) is 6.44. The van der Waals surface area contributed by atoms with Crippen molar-refractivity contribution in [2.24, 2.45) is 0 Å². The largest absolute Gasteiger partial charge is 0.365 e. The zero-order valence-electron chi connectivity index (χ0n) is 14.9. The Bertz CT molecular complexity index is 1050. The van der Waals surface area contributed by atoms with E-state index >= 15 is 0 Å². The van der Waals surface area contributed by atoms with Gasteiger partial charge < -0.3 is 5.32 Å². The van der Waals surface area contributed by atoms with E-state index in [9.17, 15) is 8.42 Å². The number of aryl methyl sites for hydroxylation is 1. The van der Waals surface area contributed by atoms with E-state index in [0.29, 0.717) is 36.8 Å². The summed E-state index contributed by atoms with van der Waals surface area (Å²) in [6.45, 7) is 2.98. The lowest BCUT2D eigenvalue weighted by Gasteiger charge is -2.17. The standard InChI is InChI=1S/C18H20N6O2S/c1-14-8-10-23(22-14)18-7-6-17(20-21-18)19-13-15-4-2-5-16(12-15)24-9-3-11-27(24,25)26/h2,4-8,10,12H,3,9,11,13H2,1H3,(H,19,20). The number of hydrogen-bond acceptors (Lipinski definition) is 6. The molecule has 0 bridgehead atoms. The second kappa shape index (κ2) is 6.99. The molecule has 8 nitrogen and oxygen atoms in total. The third-order valence-electron chi connectivity index (χ3n) is 4.38. The molecular formula is C18H20N6O2S. The predicted octanol–water partition coefficient (Wildman–Crippen LogP) is 2.12. The number of anilines is 2. The number of rotatable bonds is 5. The summed E-state index contributed by atoms with van der Waals surface area (Å²) < 4.78 is 27.3. The topological polar surface area (TPSA) is 93.0 Å². The molecule has 1 aromatic carbocycles. The molecule has 0 spiro atoms. The molecule has 2 aromatic heterocycles. The van der Waals surface area contributed by atoms with Gasteiger partial charge in [-0.25, -0.2) is 13.1 Å². The van der Waals surface area contributed by atoms with E-state index in [4.69, 9.17) is 0 Å². The van der Waals surface area contributed by atoms with Crippen molar-refractivity contribution in [3.05, 3.63) is 59.9 Å². The maximum Gasteiger partial charge on any atom is 0.235 e. The van der Waals surface area contributed by atoms with Crippen molar-refractivity contribution in [3.8, 4) is 5.82 Å². The first-order valence-corrected chi connectivity index (χ1v) is 10.3. The molecule has 0 unspecified atom stereocenters. The Balaban J connectivity index is 1.44. The van der Waals surface area contributed by atoms with Gasteiger partial charge in [0.15, 0.2) is 5.82 Å². The Kier molecular flexibility index (Phi) is 4.53. The van der Waals surface area contributed by atoms with E-state index in [1.807, 2.05) is 55.6 Å². The van der Waals surface area contributed by atoms with Crippen molar-refractivity contribution in [1.29, 1.82) is 0 Å². The van der Waals surface area contributed by atoms with Gasteiger partial charge in [0, 0.05) is 19.3 Å². The lowest BCUT2D eigenvalue weighted by molar-refractivity contribution is 0.599. The summed E-state index contributed by atoms with van der Waals surface area (Å²) in [5.74, 6) is 1.50. The third kappa shape index (κ3) is 3.77. The van der Waals surface area contributed by atoms with Crippen molar-refractivity contribution < 1.29 is 8.42 Å². The van der Waals surface area contributed by atoms with E-state index in [1.165, 1.54) is 4.31 Å². The van der Waals surface area contributed by atoms with Gasteiger partial charge >= 0.3 is 0 Å². The second-order valence-corrected chi connectivity index (χ2v) is 8.46. The fourth-order valence-corrected chi connectivity index (χ4v) is 4.58. The summed E-state index contributed by atoms with van der Waals surface area (Å²) in [4.78, 5) is 0. The molecule has 0 saturated carbocycles. The van der Waals surface area contributed by atoms with Crippen LogP contribution < -0.4 is 9.62 Å². The lowest BCUT2D eigenvalue weighted by atomic mass is 10.2. The van der Waals surface area contributed by atoms with Crippen molar-refractivity contribution in [2.45, 2.75) is 19.9 Å². The summed E-state index contributed by atoms with van der Waals surface area (Å²) in [5.41, 5.74) is 2.60. The molecule has 0 atom stereocenters. The van der Waals surface area contributed by atoms with Gasteiger partial charge in [-0.2, -0.15) is 5.10 Å². The number of hydrogen-bond donors (Lipinski definition) is 1. The molecule has 3 aromatic rings. The molecule has 1 N–H and O–H groups in total. The van der Waals surface area contributed by atoms with Gasteiger partial charge in [-0.05, 0) is 49.2 Å². The van der Waals surface area contributed by atoms with Gasteiger partial charge in [0.05, 0.1) is 17.1 Å². The van der Waals surface area contributed by atoms with E-state index < -0.39 is 10.0 Å². The monoisotopic (exact) mass is 384 g/mol. The first-order chi connectivity index (χ1) is 13.0. The van der Waals surface area contributed by atoms with Gasteiger partial charge in [0.2, 0.25) is 10.0 Å². The van der Waals surface area contributed by atoms with E-state index in [1.54, 1.807) is 4.68 Å². The van der Waals surface area contributed by atoms with Crippen LogP contribution in [-0.4, -0.2) is 40.7 Å². The number of benzene rings is 1. The van der Waals surface area contributed by atoms with Crippen molar-refractivity contribution in [1.82, 2.24) is 20.0 Å². The molecule has 1 saturated heterocycles. The Morgan fingerprint density at radius 3 is 2.70 bits per heavy atom. The minimum Gasteiger partial charge on any atom is -0.365 e. The normalized spacial score (nSPS) is 15.8. The maximum absolute atomic E-state index is 12.1. The highest BCUT2D eigenvalue weighted by Gasteiger charge is 2.28. The Labute approximate surface area is 157 Å². The van der Waals surface area contributed by atoms with Crippen molar-refractivity contribution >= 4 is 21.5 Å². The molecule has 0 amide bonds. The van der Waals surface area contributed by atoms with Gasteiger partial charge in [-0.3, -0.25) is 4.31 Å². The fraction of sp³-hybridized carbons (Fsp3) is 0.278. The van der Waals surface area contributed by atoms with Crippen molar-refractivity contribution in [2.75, 3.05) is 21.9 Å². The molecule has 0 radical (unpaired) electrons. The third-order valence-corrected chi connectivity index (χ3v) is 6.25. The Morgan fingerprint density at radius 2 is 2.04 bits per heavy atom. The van der Waals surface area contributed by atoms with Crippen LogP contribution in [0.5, 0.6) is 0 Å². The van der Waals surface area contributed by atoms with Crippen LogP contribution in [-0.2, 0) is 16.6 Å². The molecule has 3 heterocycles. The molecule has 0 aliphatic carbocycles. The van der Waals surface area contributed by atoms with Crippen LogP contribution in [0, 0.1) is 6.92 Å². The van der Waals surface area contributed by atoms with Gasteiger partial charge in [0.25, 0.3) is 0 Å². The van der Waals surface area contributed by atoms with Crippen LogP contribution in [0.25, 0.3) is 5.82 Å². The average Bonchev–Trinajstić information content (AvgIpc) is 3.25. The van der Waals surface area contributed by atoms with E-state index in [-0.39, 0.29) is 5.75 Å². The molecule has 140 valence electrons. The van der Waals surface area contributed by atoms with Crippen LogP contribution in [0.2, 0.25) is 0 Å². The predicted molar refractivity (Wildman–Crippen MR) is 103 cm³/mol. The summed E-state index contributed by atoms with van der Waals surface area (Å²) in [5, 5.41) is 15.9. The number of aromatic nitrogens is 4. The maximum atomic E-state index is 12.1. The van der Waals surface area contributed by atoms with E-state index in [0.717, 1.165) is 11.3 Å². The minimum absolute atomic E-state index is 0.215. The van der Waals surface area contributed by atoms with Crippen LogP contribution in [0.15, 0.2) is 48.7 Å². The SMILES string of the molecule is Cc1ccn(-c2ccc(NCc3cccc(N4CCCS4(=O)=O)c3)nn2)n1. The number of sulfonamides is 1. The number of nitrogens with one attached hydrogen (secondary N) is 1. The summed E-state index contributed by atoms with van der Waals surface area (Å²) in [6, 6.07) is 13.1. The zero-order chi connectivity index (χ0) is 18.9. The van der Waals surface area contributed by atoms with Gasteiger partial charge in [-0.1, -0.05) is 12.1 Å². The first-order valence-electron chi connectivity index (χ1n) is 8.71. The van der Waals surface area contributed by atoms with Crippen LogP contribution in [0.1, 0.15) is 17.7 Å². The first kappa shape index (κ1) is 17.5. The molecular weight excluding hydrogens is 364 g/mol. The van der Waals surface area contributed by atoms with Crippen LogP contribution in [0.4, 0.5) is 11.5 Å². The highest BCUT2D eigenvalue weighted by atomic mass is 32.2. The van der Waals surface area contributed by atoms with Gasteiger partial charge in [-0.15, -0.1) is 10.2 Å². The van der Waals surface area contributed by atoms with Crippen molar-refractivity contribution in [3.63, 3.8) is 0 Å². The minimum atomic E-state index is -3.17. The zero-order valence-corrected chi connectivity index (χ0v) is 15.7. The fourth-order valence-electron chi connectivity index (χ4n) is 3.03. The smallest absolute Gasteiger partial charge is 0.235 e. The Morgan fingerprint density at radius 1 is 1.15 bits per heavy atom. The lowest BCUT2D eigenvalue weighted by Crippen LogP contribution is -2.25. The average molecular weight is 384 g/mol. The highest BCUT2D eigenvalue weighted by molar-refractivity contribution is 7.93. The van der Waals surface area contributed by atoms with Crippen LogP contribution in [0.3, 0.4) is 0 Å². The molecule has 1 fully saturated rings. The highest BCUT2D eigenvalue weighted by Crippen LogP contribution is 2.25. The Hall–Kier alpha value is -2.94. The molecule has 1 aliphatic heterocycles.